The molecule has 126 valence electrons. The van der Waals surface area contributed by atoms with Crippen LogP contribution in [0.1, 0.15) is 44.6 Å². The lowest BCUT2D eigenvalue weighted by Gasteiger charge is -2.21. The number of hydrogen-bond donors (Lipinski definition) is 1. The average molecular weight is 339 g/mol. The summed E-state index contributed by atoms with van der Waals surface area (Å²) in [5.74, 6) is 0.304. The van der Waals surface area contributed by atoms with Crippen molar-refractivity contribution in [2.24, 2.45) is 11.0 Å². The zero-order chi connectivity index (χ0) is 17.0. The molecule has 1 aromatic rings. The first-order chi connectivity index (χ1) is 10.8. The third-order valence-corrected chi connectivity index (χ3v) is 5.43. The van der Waals surface area contributed by atoms with Crippen LogP contribution >= 0.6 is 0 Å². The monoisotopic (exact) mass is 339 g/mol. The normalized spacial score (nSPS) is 17.0. The Morgan fingerprint density at radius 2 is 1.96 bits per heavy atom. The molecule has 2 rings (SSSR count). The van der Waals surface area contributed by atoms with Gasteiger partial charge in [-0.1, -0.05) is 25.3 Å². The zero-order valence-corrected chi connectivity index (χ0v) is 14.1. The number of nitrogens with one attached hydrogen (secondary N) is 1. The lowest BCUT2D eigenvalue weighted by atomic mass is 9.86. The molecule has 0 aromatic heterocycles. The maximum atomic E-state index is 12.3. The Balaban J connectivity index is 2.18. The molecule has 0 aliphatic heterocycles. The van der Waals surface area contributed by atoms with Crippen molar-refractivity contribution in [2.75, 3.05) is 0 Å². The van der Waals surface area contributed by atoms with Gasteiger partial charge in [0.1, 0.15) is 0 Å². The molecule has 0 bridgehead atoms. The average Bonchev–Trinajstić information content (AvgIpc) is 2.53. The molecule has 0 amide bonds. The van der Waals surface area contributed by atoms with Gasteiger partial charge in [0.25, 0.3) is 15.7 Å². The summed E-state index contributed by atoms with van der Waals surface area (Å²) in [6.07, 6.45) is 5.52. The zero-order valence-electron chi connectivity index (χ0n) is 13.3. The molecule has 0 atom stereocenters. The maximum Gasteiger partial charge on any atom is 0.276 e. The van der Waals surface area contributed by atoms with E-state index in [0.717, 1.165) is 37.5 Å². The molecule has 8 heteroatoms. The fourth-order valence-corrected chi connectivity index (χ4v) is 3.63. The molecule has 0 heterocycles. The second-order valence-electron chi connectivity index (χ2n) is 5.89. The van der Waals surface area contributed by atoms with Crippen molar-refractivity contribution in [1.82, 2.24) is 4.83 Å². The number of nitrogens with zero attached hydrogens (tertiary/aromatic N) is 2. The summed E-state index contributed by atoms with van der Waals surface area (Å²) in [4.78, 5) is 12.4. The number of hydrogen-bond acceptors (Lipinski definition) is 5. The van der Waals surface area contributed by atoms with Gasteiger partial charge in [-0.2, -0.15) is 13.5 Å². The molecule has 0 spiro atoms. The van der Waals surface area contributed by atoms with Gasteiger partial charge in [-0.3, -0.25) is 10.1 Å². The van der Waals surface area contributed by atoms with Gasteiger partial charge in [-0.25, -0.2) is 4.83 Å². The van der Waals surface area contributed by atoms with Gasteiger partial charge in [0.15, 0.2) is 0 Å². The van der Waals surface area contributed by atoms with Gasteiger partial charge in [-0.15, -0.1) is 0 Å². The quantitative estimate of drug-likeness (QED) is 0.506. The molecular formula is C15H21N3O4S. The highest BCUT2D eigenvalue weighted by atomic mass is 32.2. The molecule has 7 nitrogen and oxygen atoms in total. The van der Waals surface area contributed by atoms with Crippen LogP contribution in [-0.4, -0.2) is 19.1 Å². The van der Waals surface area contributed by atoms with E-state index in [1.165, 1.54) is 18.6 Å². The van der Waals surface area contributed by atoms with E-state index in [-0.39, 0.29) is 10.6 Å². The first-order valence-corrected chi connectivity index (χ1v) is 9.10. The summed E-state index contributed by atoms with van der Waals surface area (Å²) >= 11 is 0. The van der Waals surface area contributed by atoms with Crippen molar-refractivity contribution in [3.8, 4) is 0 Å². The van der Waals surface area contributed by atoms with Crippen molar-refractivity contribution >= 4 is 21.4 Å². The number of sulfonamides is 1. The van der Waals surface area contributed by atoms with Crippen LogP contribution in [0.5, 0.6) is 0 Å². The van der Waals surface area contributed by atoms with Crippen molar-refractivity contribution in [2.45, 2.75) is 50.8 Å². The van der Waals surface area contributed by atoms with E-state index in [1.54, 1.807) is 6.92 Å². The summed E-state index contributed by atoms with van der Waals surface area (Å²) in [5, 5.41) is 14.9. The van der Waals surface area contributed by atoms with Gasteiger partial charge in [0.05, 0.1) is 9.82 Å². The topological polar surface area (TPSA) is 102 Å². The van der Waals surface area contributed by atoms with Crippen LogP contribution < -0.4 is 4.83 Å². The Bertz CT molecular complexity index is 722. The standard InChI is InChI=1S/C15H21N3O4S/c1-11-8-9-14(10-15(11)18(19)20)23(21,22)17-16-12(2)13-6-4-3-5-7-13/h8-10,13,17H,3-7H2,1-2H3/b16-12+. The highest BCUT2D eigenvalue weighted by Gasteiger charge is 2.21. The third-order valence-electron chi connectivity index (χ3n) is 4.23. The number of nitro benzene ring substituents is 1. The number of aryl methyl sites for hydroxylation is 1. The number of hydrazone groups is 1. The number of nitro groups is 1. The van der Waals surface area contributed by atoms with Crippen LogP contribution in [0.15, 0.2) is 28.2 Å². The van der Waals surface area contributed by atoms with Crippen LogP contribution in [-0.2, 0) is 10.0 Å². The molecule has 1 aliphatic carbocycles. The molecule has 0 radical (unpaired) electrons. The van der Waals surface area contributed by atoms with Crippen LogP contribution in [0, 0.1) is 23.0 Å². The summed E-state index contributed by atoms with van der Waals surface area (Å²) < 4.78 is 24.5. The van der Waals surface area contributed by atoms with Crippen molar-refractivity contribution in [1.29, 1.82) is 0 Å². The molecule has 1 aromatic carbocycles. The van der Waals surface area contributed by atoms with Crippen LogP contribution in [0.25, 0.3) is 0 Å². The van der Waals surface area contributed by atoms with Gasteiger partial charge in [0, 0.05) is 17.3 Å². The summed E-state index contributed by atoms with van der Waals surface area (Å²) in [6, 6.07) is 3.82. The lowest BCUT2D eigenvalue weighted by Crippen LogP contribution is -2.23. The molecule has 1 N–H and O–H groups in total. The first kappa shape index (κ1) is 17.4. The molecule has 0 unspecified atom stereocenters. The first-order valence-electron chi connectivity index (χ1n) is 7.62. The molecule has 1 saturated carbocycles. The van der Waals surface area contributed by atoms with E-state index in [4.69, 9.17) is 0 Å². The Hall–Kier alpha value is -1.96. The van der Waals surface area contributed by atoms with E-state index in [9.17, 15) is 18.5 Å². The predicted octanol–water partition coefficient (Wildman–Crippen LogP) is 3.14. The van der Waals surface area contributed by atoms with Crippen molar-refractivity contribution in [3.05, 3.63) is 33.9 Å². The Kier molecular flexibility index (Phi) is 5.35. The maximum absolute atomic E-state index is 12.3. The van der Waals surface area contributed by atoms with Crippen LogP contribution in [0.3, 0.4) is 0 Å². The number of rotatable bonds is 5. The molecular weight excluding hydrogens is 318 g/mol. The fourth-order valence-electron chi connectivity index (χ4n) is 2.75. The van der Waals surface area contributed by atoms with E-state index in [0.29, 0.717) is 11.5 Å². The Morgan fingerprint density at radius 1 is 1.30 bits per heavy atom. The Labute approximate surface area is 136 Å². The summed E-state index contributed by atoms with van der Waals surface area (Å²) in [7, 11) is -3.91. The molecule has 1 aliphatic rings. The molecule has 1 fully saturated rings. The van der Waals surface area contributed by atoms with Crippen LogP contribution in [0.2, 0.25) is 0 Å². The van der Waals surface area contributed by atoms with E-state index < -0.39 is 14.9 Å². The van der Waals surface area contributed by atoms with E-state index >= 15 is 0 Å². The second kappa shape index (κ2) is 7.08. The predicted molar refractivity (Wildman–Crippen MR) is 87.8 cm³/mol. The fraction of sp³-hybridized carbons (Fsp3) is 0.533. The third kappa shape index (κ3) is 4.28. The minimum atomic E-state index is -3.91. The SMILES string of the molecule is C/C(=N\NS(=O)(=O)c1ccc(C)c([N+](=O)[O-])c1)C1CCCCC1. The van der Waals surface area contributed by atoms with Crippen molar-refractivity contribution < 1.29 is 13.3 Å². The Morgan fingerprint density at radius 3 is 2.57 bits per heavy atom. The van der Waals surface area contributed by atoms with Crippen LogP contribution in [0.4, 0.5) is 5.69 Å². The van der Waals surface area contributed by atoms with E-state index in [2.05, 4.69) is 9.93 Å². The van der Waals surface area contributed by atoms with Gasteiger partial charge in [0.2, 0.25) is 0 Å². The molecule has 0 saturated heterocycles. The minimum absolute atomic E-state index is 0.157. The smallest absolute Gasteiger partial charge is 0.258 e. The summed E-state index contributed by atoms with van der Waals surface area (Å²) in [6.45, 7) is 3.38. The minimum Gasteiger partial charge on any atom is -0.258 e. The highest BCUT2D eigenvalue weighted by molar-refractivity contribution is 7.89. The van der Waals surface area contributed by atoms with Gasteiger partial charge < -0.3 is 0 Å². The lowest BCUT2D eigenvalue weighted by molar-refractivity contribution is -0.385. The highest BCUT2D eigenvalue weighted by Crippen LogP contribution is 2.25. The van der Waals surface area contributed by atoms with Gasteiger partial charge >= 0.3 is 0 Å². The second-order valence-corrected chi connectivity index (χ2v) is 7.55. The molecule has 23 heavy (non-hydrogen) atoms. The van der Waals surface area contributed by atoms with E-state index in [1.807, 2.05) is 6.92 Å². The van der Waals surface area contributed by atoms with Crippen molar-refractivity contribution in [3.63, 3.8) is 0 Å². The number of benzene rings is 1. The summed E-state index contributed by atoms with van der Waals surface area (Å²) in [5.41, 5.74) is 0.951. The van der Waals surface area contributed by atoms with Gasteiger partial charge in [-0.05, 0) is 38.7 Å². The largest absolute Gasteiger partial charge is 0.276 e.